The lowest BCUT2D eigenvalue weighted by atomic mass is 10.1. The van der Waals surface area contributed by atoms with Crippen LogP contribution in [-0.4, -0.2) is 61.7 Å². The maximum Gasteiger partial charge on any atom is 0.251 e. The average molecular weight is 462 g/mol. The molecule has 7 nitrogen and oxygen atoms in total. The number of rotatable bonds is 4. The molecule has 0 N–H and O–H groups in total. The minimum absolute atomic E-state index is 0.107. The van der Waals surface area contributed by atoms with Crippen LogP contribution in [0.15, 0.2) is 47.4 Å². The predicted octanol–water partition coefficient (Wildman–Crippen LogP) is 2.60. The Balaban J connectivity index is 1.47. The largest absolute Gasteiger partial charge is 0.289 e. The second kappa shape index (κ2) is 8.35. The summed E-state index contributed by atoms with van der Waals surface area (Å²) in [6.07, 6.45) is 0.107. The van der Waals surface area contributed by atoms with E-state index < -0.39 is 16.1 Å². The molecule has 0 bridgehead atoms. The highest BCUT2D eigenvalue weighted by Crippen LogP contribution is 2.30. The number of sulfonamides is 1. The lowest BCUT2D eigenvalue weighted by Crippen LogP contribution is -2.53. The quantitative estimate of drug-likeness (QED) is 0.654. The van der Waals surface area contributed by atoms with Crippen LogP contribution in [0, 0.1) is 13.8 Å². The van der Waals surface area contributed by atoms with Crippen molar-refractivity contribution in [3.05, 3.63) is 58.6 Å². The molecule has 0 aromatic heterocycles. The molecule has 1 atom stereocenters. The zero-order chi connectivity index (χ0) is 22.3. The van der Waals surface area contributed by atoms with Gasteiger partial charge < -0.3 is 0 Å². The van der Waals surface area contributed by atoms with Gasteiger partial charge in [0.15, 0.2) is 0 Å². The van der Waals surface area contributed by atoms with E-state index in [0.29, 0.717) is 23.8 Å². The molecule has 0 spiro atoms. The highest BCUT2D eigenvalue weighted by Gasteiger charge is 2.44. The third-order valence-electron chi connectivity index (χ3n) is 5.89. The van der Waals surface area contributed by atoms with Crippen molar-refractivity contribution in [2.24, 2.45) is 0 Å². The van der Waals surface area contributed by atoms with E-state index in [1.165, 1.54) is 21.3 Å². The Morgan fingerprint density at radius 2 is 1.58 bits per heavy atom. The molecule has 9 heteroatoms. The number of benzene rings is 2. The number of carbonyl (C=O) groups excluding carboxylic acids is 2. The molecule has 2 amide bonds. The summed E-state index contributed by atoms with van der Waals surface area (Å²) in [7, 11) is -3.63. The molecule has 4 rings (SSSR count). The van der Waals surface area contributed by atoms with Crippen LogP contribution < -0.4 is 4.90 Å². The molecular weight excluding hydrogens is 438 g/mol. The van der Waals surface area contributed by atoms with Gasteiger partial charge in [-0.15, -0.1) is 0 Å². The van der Waals surface area contributed by atoms with Gasteiger partial charge in [0.1, 0.15) is 0 Å². The van der Waals surface area contributed by atoms with E-state index in [4.69, 9.17) is 11.6 Å². The van der Waals surface area contributed by atoms with Crippen molar-refractivity contribution >= 4 is 39.1 Å². The number of anilines is 1. The van der Waals surface area contributed by atoms with Crippen molar-refractivity contribution in [1.82, 2.24) is 9.21 Å². The number of piperazine rings is 1. The van der Waals surface area contributed by atoms with Crippen molar-refractivity contribution in [1.29, 1.82) is 0 Å². The van der Waals surface area contributed by atoms with E-state index in [9.17, 15) is 18.0 Å². The Kier molecular flexibility index (Phi) is 5.91. The van der Waals surface area contributed by atoms with Gasteiger partial charge in [-0.2, -0.15) is 4.31 Å². The van der Waals surface area contributed by atoms with Crippen LogP contribution in [0.2, 0.25) is 5.02 Å². The fourth-order valence-corrected chi connectivity index (χ4v) is 5.67. The van der Waals surface area contributed by atoms with Crippen LogP contribution in [0.5, 0.6) is 0 Å². The number of carbonyl (C=O) groups is 2. The summed E-state index contributed by atoms with van der Waals surface area (Å²) in [6, 6.07) is 11.2. The first-order valence-corrected chi connectivity index (χ1v) is 11.9. The van der Waals surface area contributed by atoms with Gasteiger partial charge in [-0.1, -0.05) is 23.7 Å². The molecule has 0 saturated carbocycles. The average Bonchev–Trinajstić information content (AvgIpc) is 3.04. The highest BCUT2D eigenvalue weighted by atomic mass is 35.5. The van der Waals surface area contributed by atoms with E-state index in [0.717, 1.165) is 11.1 Å². The summed E-state index contributed by atoms with van der Waals surface area (Å²) in [4.78, 5) is 29.2. The standard InChI is InChI=1S/C22H24ClN3O4S/c1-15-3-4-16(2)19(13-15)26-21(27)14-20(22(26)28)24-9-11-25(12-10-24)31(29,30)18-7-5-17(23)6-8-18/h3-8,13,20H,9-12,14H2,1-2H3/t20-/m0/s1. The molecule has 2 saturated heterocycles. The van der Waals surface area contributed by atoms with Crippen LogP contribution in [0.4, 0.5) is 5.69 Å². The van der Waals surface area contributed by atoms with Crippen LogP contribution in [-0.2, 0) is 19.6 Å². The van der Waals surface area contributed by atoms with Gasteiger partial charge in [0.05, 0.1) is 23.0 Å². The van der Waals surface area contributed by atoms with Gasteiger partial charge in [-0.05, 0) is 55.3 Å². The Bertz CT molecular complexity index is 1130. The zero-order valence-electron chi connectivity index (χ0n) is 17.4. The number of halogens is 1. The van der Waals surface area contributed by atoms with Crippen molar-refractivity contribution < 1.29 is 18.0 Å². The lowest BCUT2D eigenvalue weighted by Gasteiger charge is -2.36. The summed E-state index contributed by atoms with van der Waals surface area (Å²) < 4.78 is 27.2. The maximum atomic E-state index is 13.1. The first kappa shape index (κ1) is 22.0. The molecule has 0 aliphatic carbocycles. The summed E-state index contributed by atoms with van der Waals surface area (Å²) in [5.74, 6) is -0.465. The number of hydrogen-bond donors (Lipinski definition) is 0. The van der Waals surface area contributed by atoms with Crippen molar-refractivity contribution in [3.63, 3.8) is 0 Å². The molecular formula is C22H24ClN3O4S. The minimum Gasteiger partial charge on any atom is -0.289 e. The third-order valence-corrected chi connectivity index (χ3v) is 8.06. The summed E-state index contributed by atoms with van der Waals surface area (Å²) in [6.45, 7) is 5.09. The molecule has 2 aliphatic rings. The molecule has 2 aliphatic heterocycles. The Labute approximate surface area is 187 Å². The number of hydrogen-bond acceptors (Lipinski definition) is 5. The van der Waals surface area contributed by atoms with Gasteiger partial charge in [-0.3, -0.25) is 14.5 Å². The summed E-state index contributed by atoms with van der Waals surface area (Å²) in [5, 5.41) is 0.474. The van der Waals surface area contributed by atoms with E-state index in [-0.39, 0.29) is 36.2 Å². The SMILES string of the molecule is Cc1ccc(C)c(N2C(=O)C[C@H](N3CCN(S(=O)(=O)c4ccc(Cl)cc4)CC3)C2=O)c1. The van der Waals surface area contributed by atoms with Crippen molar-refractivity contribution in [3.8, 4) is 0 Å². The van der Waals surface area contributed by atoms with Gasteiger partial charge in [0, 0.05) is 31.2 Å². The smallest absolute Gasteiger partial charge is 0.251 e. The fourth-order valence-electron chi connectivity index (χ4n) is 4.13. The third kappa shape index (κ3) is 4.13. The zero-order valence-corrected chi connectivity index (χ0v) is 19.0. The monoisotopic (exact) mass is 461 g/mol. The van der Waals surface area contributed by atoms with E-state index >= 15 is 0 Å². The predicted molar refractivity (Wildman–Crippen MR) is 119 cm³/mol. The molecule has 31 heavy (non-hydrogen) atoms. The highest BCUT2D eigenvalue weighted by molar-refractivity contribution is 7.89. The minimum atomic E-state index is -3.63. The molecule has 2 aromatic carbocycles. The first-order chi connectivity index (χ1) is 14.7. The fraction of sp³-hybridized carbons (Fsp3) is 0.364. The van der Waals surface area contributed by atoms with Crippen molar-refractivity contribution in [2.45, 2.75) is 31.2 Å². The first-order valence-electron chi connectivity index (χ1n) is 10.1. The van der Waals surface area contributed by atoms with Crippen LogP contribution >= 0.6 is 11.6 Å². The van der Waals surface area contributed by atoms with E-state index in [1.54, 1.807) is 12.1 Å². The number of amides is 2. The van der Waals surface area contributed by atoms with E-state index in [1.807, 2.05) is 36.9 Å². The Hall–Kier alpha value is -2.26. The van der Waals surface area contributed by atoms with Crippen LogP contribution in [0.25, 0.3) is 0 Å². The van der Waals surface area contributed by atoms with Crippen LogP contribution in [0.1, 0.15) is 17.5 Å². The molecule has 2 fully saturated rings. The Morgan fingerprint density at radius 3 is 2.23 bits per heavy atom. The van der Waals surface area contributed by atoms with Gasteiger partial charge in [-0.25, -0.2) is 13.3 Å². The normalized spacial score (nSPS) is 21.1. The van der Waals surface area contributed by atoms with Gasteiger partial charge in [0.25, 0.3) is 5.91 Å². The Morgan fingerprint density at radius 1 is 0.935 bits per heavy atom. The molecule has 164 valence electrons. The maximum absolute atomic E-state index is 13.1. The topological polar surface area (TPSA) is 78.0 Å². The summed E-state index contributed by atoms with van der Waals surface area (Å²) >= 11 is 5.86. The van der Waals surface area contributed by atoms with Crippen molar-refractivity contribution in [2.75, 3.05) is 31.1 Å². The molecule has 0 unspecified atom stereocenters. The van der Waals surface area contributed by atoms with Gasteiger partial charge >= 0.3 is 0 Å². The number of aryl methyl sites for hydroxylation is 2. The second-order valence-corrected chi connectivity index (χ2v) is 10.3. The van der Waals surface area contributed by atoms with Crippen LogP contribution in [0.3, 0.4) is 0 Å². The lowest BCUT2D eigenvalue weighted by molar-refractivity contribution is -0.123. The molecule has 0 radical (unpaired) electrons. The van der Waals surface area contributed by atoms with Gasteiger partial charge in [0.2, 0.25) is 15.9 Å². The number of imide groups is 1. The molecule has 2 heterocycles. The number of nitrogens with zero attached hydrogens (tertiary/aromatic N) is 3. The summed E-state index contributed by atoms with van der Waals surface area (Å²) in [5.41, 5.74) is 2.47. The molecule has 2 aromatic rings. The second-order valence-electron chi connectivity index (χ2n) is 7.97. The van der Waals surface area contributed by atoms with E-state index in [2.05, 4.69) is 0 Å².